The average molecular weight is 360 g/mol. The number of amides is 1. The second kappa shape index (κ2) is 7.91. The third-order valence-corrected chi connectivity index (χ3v) is 4.39. The van der Waals surface area contributed by atoms with Crippen molar-refractivity contribution in [2.45, 2.75) is 13.0 Å². The molecule has 0 spiro atoms. The number of nitrogens with zero attached hydrogens (tertiary/aromatic N) is 2. The van der Waals surface area contributed by atoms with Gasteiger partial charge >= 0.3 is 0 Å². The van der Waals surface area contributed by atoms with Crippen molar-refractivity contribution in [2.75, 3.05) is 18.1 Å². The number of fused-ring (bicyclic) bond motifs is 1. The first-order valence-corrected chi connectivity index (χ1v) is 8.92. The fourth-order valence-corrected chi connectivity index (χ4v) is 3.07. The van der Waals surface area contributed by atoms with Crippen LogP contribution in [0.5, 0.6) is 11.5 Å². The minimum atomic E-state index is 0.0155. The van der Waals surface area contributed by atoms with E-state index in [1.54, 1.807) is 17.3 Å². The topological polar surface area (TPSA) is 51.7 Å². The molecule has 2 aromatic carbocycles. The van der Waals surface area contributed by atoms with Crippen molar-refractivity contribution in [2.24, 2.45) is 0 Å². The van der Waals surface area contributed by atoms with Crippen molar-refractivity contribution >= 4 is 11.6 Å². The minimum Gasteiger partial charge on any atom is -0.486 e. The molecular weight excluding hydrogens is 340 g/mol. The van der Waals surface area contributed by atoms with Gasteiger partial charge in [-0.3, -0.25) is 9.78 Å². The highest BCUT2D eigenvalue weighted by Gasteiger charge is 2.19. The van der Waals surface area contributed by atoms with E-state index in [1.165, 1.54) is 0 Å². The SMILES string of the molecule is O=C(Cc1ccc2c(c1)OCCO2)N(Cc1cccnc1)c1ccccc1. The molecule has 136 valence electrons. The first-order valence-electron chi connectivity index (χ1n) is 8.92. The summed E-state index contributed by atoms with van der Waals surface area (Å²) < 4.78 is 11.2. The van der Waals surface area contributed by atoms with E-state index < -0.39 is 0 Å². The summed E-state index contributed by atoms with van der Waals surface area (Å²) >= 11 is 0. The van der Waals surface area contributed by atoms with Gasteiger partial charge in [-0.2, -0.15) is 0 Å². The molecule has 27 heavy (non-hydrogen) atoms. The maximum Gasteiger partial charge on any atom is 0.231 e. The van der Waals surface area contributed by atoms with Crippen LogP contribution in [0.15, 0.2) is 73.1 Å². The number of benzene rings is 2. The maximum atomic E-state index is 13.1. The van der Waals surface area contributed by atoms with E-state index in [-0.39, 0.29) is 12.3 Å². The van der Waals surface area contributed by atoms with E-state index in [0.717, 1.165) is 22.6 Å². The second-order valence-electron chi connectivity index (χ2n) is 6.33. The Labute approximate surface area is 158 Å². The predicted octanol–water partition coefficient (Wildman–Crippen LogP) is 3.63. The lowest BCUT2D eigenvalue weighted by Gasteiger charge is -2.24. The van der Waals surface area contributed by atoms with Gasteiger partial charge in [-0.15, -0.1) is 0 Å². The van der Waals surface area contributed by atoms with Gasteiger partial charge in [0.1, 0.15) is 13.2 Å². The molecule has 0 saturated carbocycles. The molecule has 0 fully saturated rings. The Morgan fingerprint density at radius 1 is 0.926 bits per heavy atom. The third-order valence-electron chi connectivity index (χ3n) is 4.39. The molecular formula is C22H20N2O3. The first-order chi connectivity index (χ1) is 13.3. The molecule has 0 bridgehead atoms. The molecule has 0 saturated heterocycles. The number of rotatable bonds is 5. The lowest BCUT2D eigenvalue weighted by atomic mass is 10.1. The number of aromatic nitrogens is 1. The average Bonchev–Trinajstić information content (AvgIpc) is 2.73. The molecule has 1 aromatic heterocycles. The van der Waals surface area contributed by atoms with Crippen LogP contribution in [-0.2, 0) is 17.8 Å². The minimum absolute atomic E-state index is 0.0155. The highest BCUT2D eigenvalue weighted by molar-refractivity contribution is 5.94. The van der Waals surface area contributed by atoms with Gasteiger partial charge in [-0.1, -0.05) is 30.3 Å². The summed E-state index contributed by atoms with van der Waals surface area (Å²) in [5.41, 5.74) is 2.75. The summed E-state index contributed by atoms with van der Waals surface area (Å²) in [6, 6.07) is 19.2. The number of anilines is 1. The number of carbonyl (C=O) groups is 1. The molecule has 1 aliphatic heterocycles. The van der Waals surface area contributed by atoms with Crippen molar-refractivity contribution in [3.63, 3.8) is 0 Å². The van der Waals surface area contributed by atoms with E-state index in [2.05, 4.69) is 4.98 Å². The van der Waals surface area contributed by atoms with E-state index in [9.17, 15) is 4.79 Å². The predicted molar refractivity (Wildman–Crippen MR) is 103 cm³/mol. The monoisotopic (exact) mass is 360 g/mol. The zero-order valence-corrected chi connectivity index (χ0v) is 14.9. The van der Waals surface area contributed by atoms with Crippen LogP contribution in [0.1, 0.15) is 11.1 Å². The number of hydrogen-bond donors (Lipinski definition) is 0. The number of para-hydroxylation sites is 1. The van der Waals surface area contributed by atoms with E-state index in [0.29, 0.717) is 25.5 Å². The third kappa shape index (κ3) is 4.08. The van der Waals surface area contributed by atoms with Crippen LogP contribution in [0.25, 0.3) is 0 Å². The molecule has 0 radical (unpaired) electrons. The standard InChI is InChI=1S/C22H20N2O3/c25-22(14-17-8-9-20-21(13-17)27-12-11-26-20)24(19-6-2-1-3-7-19)16-18-5-4-10-23-15-18/h1-10,13,15H,11-12,14,16H2. The Bertz CT molecular complexity index is 913. The molecule has 0 N–H and O–H groups in total. The lowest BCUT2D eigenvalue weighted by molar-refractivity contribution is -0.118. The second-order valence-corrected chi connectivity index (χ2v) is 6.33. The van der Waals surface area contributed by atoms with Gasteiger partial charge in [0.25, 0.3) is 0 Å². The van der Waals surface area contributed by atoms with E-state index in [1.807, 2.05) is 60.7 Å². The molecule has 5 nitrogen and oxygen atoms in total. The summed E-state index contributed by atoms with van der Waals surface area (Å²) in [6.07, 6.45) is 3.80. The number of hydrogen-bond acceptors (Lipinski definition) is 4. The van der Waals surface area contributed by atoms with Crippen LogP contribution < -0.4 is 14.4 Å². The van der Waals surface area contributed by atoms with Gasteiger partial charge in [0.05, 0.1) is 13.0 Å². The summed E-state index contributed by atoms with van der Waals surface area (Å²) in [6.45, 7) is 1.56. The normalized spacial score (nSPS) is 12.4. The zero-order valence-electron chi connectivity index (χ0n) is 14.9. The largest absolute Gasteiger partial charge is 0.486 e. The Kier molecular flexibility index (Phi) is 5.01. The Balaban J connectivity index is 1.57. The number of ether oxygens (including phenoxy) is 2. The van der Waals surface area contributed by atoms with Crippen LogP contribution in [0.3, 0.4) is 0 Å². The zero-order chi connectivity index (χ0) is 18.5. The summed E-state index contributed by atoms with van der Waals surface area (Å²) in [5.74, 6) is 1.44. The quantitative estimate of drug-likeness (QED) is 0.697. The fourth-order valence-electron chi connectivity index (χ4n) is 3.07. The van der Waals surface area contributed by atoms with Crippen LogP contribution >= 0.6 is 0 Å². The molecule has 0 atom stereocenters. The van der Waals surface area contributed by atoms with Gasteiger partial charge in [0.2, 0.25) is 5.91 Å². The molecule has 4 rings (SSSR count). The molecule has 1 aliphatic rings. The summed E-state index contributed by atoms with van der Waals surface area (Å²) in [5, 5.41) is 0. The van der Waals surface area contributed by atoms with Crippen molar-refractivity contribution in [3.05, 3.63) is 84.2 Å². The van der Waals surface area contributed by atoms with Crippen molar-refractivity contribution < 1.29 is 14.3 Å². The van der Waals surface area contributed by atoms with E-state index in [4.69, 9.17) is 9.47 Å². The number of carbonyl (C=O) groups excluding carboxylic acids is 1. The number of pyridine rings is 1. The first kappa shape index (κ1) is 17.1. The molecule has 2 heterocycles. The van der Waals surface area contributed by atoms with Crippen LogP contribution in [0.4, 0.5) is 5.69 Å². The highest BCUT2D eigenvalue weighted by Crippen LogP contribution is 2.31. The van der Waals surface area contributed by atoms with E-state index >= 15 is 0 Å². The smallest absolute Gasteiger partial charge is 0.231 e. The van der Waals surface area contributed by atoms with Crippen LogP contribution in [0.2, 0.25) is 0 Å². The van der Waals surface area contributed by atoms with Crippen LogP contribution in [-0.4, -0.2) is 24.1 Å². The molecule has 0 aliphatic carbocycles. The molecule has 0 unspecified atom stereocenters. The van der Waals surface area contributed by atoms with Crippen LogP contribution in [0, 0.1) is 0 Å². The molecule has 1 amide bonds. The van der Waals surface area contributed by atoms with Crippen molar-refractivity contribution in [1.82, 2.24) is 4.98 Å². The molecule has 3 aromatic rings. The maximum absolute atomic E-state index is 13.1. The summed E-state index contributed by atoms with van der Waals surface area (Å²) in [7, 11) is 0. The van der Waals surface area contributed by atoms with Gasteiger partial charge < -0.3 is 14.4 Å². The van der Waals surface area contributed by atoms with Crippen molar-refractivity contribution in [3.8, 4) is 11.5 Å². The van der Waals surface area contributed by atoms with Gasteiger partial charge in [0, 0.05) is 18.1 Å². The summed E-state index contributed by atoms with van der Waals surface area (Å²) in [4.78, 5) is 19.1. The van der Waals surface area contributed by atoms with Crippen molar-refractivity contribution in [1.29, 1.82) is 0 Å². The molecule has 5 heteroatoms. The van der Waals surface area contributed by atoms with Gasteiger partial charge in [0.15, 0.2) is 11.5 Å². The Morgan fingerprint density at radius 2 is 1.74 bits per heavy atom. The lowest BCUT2D eigenvalue weighted by Crippen LogP contribution is -2.31. The fraction of sp³-hybridized carbons (Fsp3) is 0.182. The Hall–Kier alpha value is -3.34. The van der Waals surface area contributed by atoms with Gasteiger partial charge in [-0.05, 0) is 41.5 Å². The Morgan fingerprint density at radius 3 is 2.52 bits per heavy atom. The van der Waals surface area contributed by atoms with Gasteiger partial charge in [-0.25, -0.2) is 0 Å². The highest BCUT2D eigenvalue weighted by atomic mass is 16.6.